The Labute approximate surface area is 122 Å². The highest BCUT2D eigenvalue weighted by molar-refractivity contribution is 8.02. The summed E-state index contributed by atoms with van der Waals surface area (Å²) < 4.78 is -0.719. The van der Waals surface area contributed by atoms with E-state index >= 15 is 0 Å². The number of aryl methyl sites for hydroxylation is 1. The van der Waals surface area contributed by atoms with Crippen molar-refractivity contribution in [3.8, 4) is 0 Å². The summed E-state index contributed by atoms with van der Waals surface area (Å²) in [6.45, 7) is 3.90. The number of fused-ring (bicyclic) bond motifs is 1. The Kier molecular flexibility index (Phi) is 2.98. The number of hydrogen-bond acceptors (Lipinski definition) is 3. The first kappa shape index (κ1) is 13.7. The second kappa shape index (κ2) is 4.35. The Morgan fingerprint density at radius 3 is 2.55 bits per heavy atom. The molecule has 0 bridgehead atoms. The third-order valence-corrected chi connectivity index (χ3v) is 6.68. The largest absolute Gasteiger partial charge is 0.481 e. The van der Waals surface area contributed by atoms with E-state index in [1.54, 1.807) is 0 Å². The molecule has 0 saturated heterocycles. The van der Waals surface area contributed by atoms with Crippen LogP contribution in [0, 0.1) is 18.3 Å². The second-order valence-electron chi connectivity index (χ2n) is 5.80. The van der Waals surface area contributed by atoms with Crippen LogP contribution in [0.3, 0.4) is 0 Å². The van der Waals surface area contributed by atoms with E-state index in [-0.39, 0.29) is 11.7 Å². The van der Waals surface area contributed by atoms with Gasteiger partial charge in [0, 0.05) is 17.2 Å². The minimum absolute atomic E-state index is 0.00342. The molecule has 3 atom stereocenters. The van der Waals surface area contributed by atoms with Gasteiger partial charge in [0.2, 0.25) is 0 Å². The van der Waals surface area contributed by atoms with Crippen molar-refractivity contribution in [3.05, 3.63) is 29.8 Å². The van der Waals surface area contributed by atoms with E-state index in [2.05, 4.69) is 0 Å². The fraction of sp³-hybridized carbons (Fsp3) is 0.500. The Bertz CT molecular complexity index is 580. The third-order valence-electron chi connectivity index (χ3n) is 4.98. The van der Waals surface area contributed by atoms with Crippen LogP contribution in [-0.2, 0) is 9.59 Å². The second-order valence-corrected chi connectivity index (χ2v) is 7.11. The number of rotatable bonds is 4. The Hall–Kier alpha value is -1.29. The van der Waals surface area contributed by atoms with Gasteiger partial charge in [-0.25, -0.2) is 0 Å². The molecule has 3 unspecified atom stereocenters. The van der Waals surface area contributed by atoms with Crippen LogP contribution in [0.15, 0.2) is 29.2 Å². The highest BCUT2D eigenvalue weighted by atomic mass is 32.2. The molecule has 0 amide bonds. The Balaban J connectivity index is 1.98. The molecule has 0 aromatic heterocycles. The van der Waals surface area contributed by atoms with Crippen molar-refractivity contribution in [2.45, 2.75) is 42.8 Å². The Morgan fingerprint density at radius 1 is 1.40 bits per heavy atom. The molecular weight excluding hydrogens is 272 g/mol. The van der Waals surface area contributed by atoms with Crippen LogP contribution in [0.4, 0.5) is 0 Å². The smallest absolute Gasteiger partial charge is 0.311 e. The van der Waals surface area contributed by atoms with Crippen molar-refractivity contribution < 1.29 is 14.7 Å². The maximum atomic E-state index is 12.4. The summed E-state index contributed by atoms with van der Waals surface area (Å²) in [6.07, 6.45) is 1.77. The van der Waals surface area contributed by atoms with Crippen LogP contribution in [0.1, 0.15) is 31.7 Å². The normalized spacial score (nSPS) is 34.9. The van der Waals surface area contributed by atoms with Gasteiger partial charge >= 0.3 is 5.97 Å². The van der Waals surface area contributed by atoms with Gasteiger partial charge in [0.1, 0.15) is 0 Å². The quantitative estimate of drug-likeness (QED) is 0.924. The van der Waals surface area contributed by atoms with Crippen LogP contribution in [-0.4, -0.2) is 21.6 Å². The van der Waals surface area contributed by atoms with E-state index in [1.165, 1.54) is 11.8 Å². The van der Waals surface area contributed by atoms with Gasteiger partial charge in [-0.2, -0.15) is 0 Å². The molecular formula is C16H18O3S. The van der Waals surface area contributed by atoms with E-state index in [4.69, 9.17) is 0 Å². The molecule has 4 heteroatoms. The van der Waals surface area contributed by atoms with E-state index in [9.17, 15) is 14.7 Å². The van der Waals surface area contributed by atoms with Gasteiger partial charge in [-0.3, -0.25) is 9.59 Å². The maximum Gasteiger partial charge on any atom is 0.311 e. The summed E-state index contributed by atoms with van der Waals surface area (Å²) in [5, 5.41) is 9.65. The van der Waals surface area contributed by atoms with Crippen LogP contribution in [0.5, 0.6) is 0 Å². The number of benzene rings is 1. The lowest BCUT2D eigenvalue weighted by atomic mass is 9.92. The molecule has 3 rings (SSSR count). The summed E-state index contributed by atoms with van der Waals surface area (Å²) in [5.41, 5.74) is 0.315. The topological polar surface area (TPSA) is 54.4 Å². The lowest BCUT2D eigenvalue weighted by Crippen LogP contribution is -2.32. The van der Waals surface area contributed by atoms with E-state index < -0.39 is 16.1 Å². The van der Waals surface area contributed by atoms with Crippen molar-refractivity contribution in [3.63, 3.8) is 0 Å². The zero-order chi connectivity index (χ0) is 14.5. The number of Topliss-reactive ketones (excluding diaryl/α,β-unsaturated/α-hetero) is 1. The van der Waals surface area contributed by atoms with Crippen molar-refractivity contribution in [2.24, 2.45) is 11.3 Å². The average molecular weight is 290 g/mol. The molecule has 1 aromatic rings. The van der Waals surface area contributed by atoms with Crippen LogP contribution in [0.2, 0.25) is 0 Å². The van der Waals surface area contributed by atoms with Crippen molar-refractivity contribution >= 4 is 23.5 Å². The first-order chi connectivity index (χ1) is 9.49. The summed E-state index contributed by atoms with van der Waals surface area (Å²) in [6, 6.07) is 7.98. The van der Waals surface area contributed by atoms with Crippen LogP contribution >= 0.6 is 11.8 Å². The van der Waals surface area contributed by atoms with Crippen LogP contribution in [0.25, 0.3) is 0 Å². The minimum Gasteiger partial charge on any atom is -0.481 e. The van der Waals surface area contributed by atoms with E-state index in [0.29, 0.717) is 12.8 Å². The van der Waals surface area contributed by atoms with Gasteiger partial charge in [-0.1, -0.05) is 24.6 Å². The van der Waals surface area contributed by atoms with Gasteiger partial charge in [0.25, 0.3) is 0 Å². The molecule has 2 fully saturated rings. The zero-order valence-corrected chi connectivity index (χ0v) is 12.5. The van der Waals surface area contributed by atoms with Gasteiger partial charge in [-0.15, -0.1) is 11.8 Å². The van der Waals surface area contributed by atoms with Gasteiger partial charge in [0.15, 0.2) is 5.78 Å². The van der Waals surface area contributed by atoms with E-state index in [1.807, 2.05) is 38.1 Å². The van der Waals surface area contributed by atoms with E-state index in [0.717, 1.165) is 16.9 Å². The highest BCUT2D eigenvalue weighted by Gasteiger charge is 2.85. The summed E-state index contributed by atoms with van der Waals surface area (Å²) in [4.78, 5) is 25.2. The summed E-state index contributed by atoms with van der Waals surface area (Å²) in [5.74, 6) is -0.689. The molecule has 2 saturated carbocycles. The third kappa shape index (κ3) is 1.48. The maximum absolute atomic E-state index is 12.4. The van der Waals surface area contributed by atoms with Gasteiger partial charge < -0.3 is 5.11 Å². The standard InChI is InChI=1S/C16H18O3S/c1-3-15(14(18)19)12-8-9-13(17)16(12,15)20-11-6-4-10(2)5-7-11/h4-7,12H,3,8-9H2,1-2H3,(H,18,19). The number of ketones is 1. The number of carbonyl (C=O) groups excluding carboxylic acids is 1. The number of thioether (sulfide) groups is 1. The van der Waals surface area contributed by atoms with Gasteiger partial charge in [0.05, 0.1) is 10.2 Å². The predicted octanol–water partition coefficient (Wildman–Crippen LogP) is 3.30. The number of carbonyl (C=O) groups is 2. The van der Waals surface area contributed by atoms with Crippen molar-refractivity contribution in [1.82, 2.24) is 0 Å². The summed E-state index contributed by atoms with van der Waals surface area (Å²) >= 11 is 1.47. The number of hydrogen-bond donors (Lipinski definition) is 1. The molecule has 106 valence electrons. The predicted molar refractivity (Wildman–Crippen MR) is 77.9 cm³/mol. The zero-order valence-electron chi connectivity index (χ0n) is 11.7. The minimum atomic E-state index is -0.849. The molecule has 0 radical (unpaired) electrons. The fourth-order valence-corrected chi connectivity index (χ4v) is 5.74. The SMILES string of the molecule is CCC1(C(=O)O)C2CCC(=O)C21Sc1ccc(C)cc1. The number of carboxylic acids is 1. The number of carboxylic acid groups (broad SMARTS) is 1. The van der Waals surface area contributed by atoms with Crippen molar-refractivity contribution in [1.29, 1.82) is 0 Å². The Morgan fingerprint density at radius 2 is 2.05 bits per heavy atom. The molecule has 3 nitrogen and oxygen atoms in total. The fourth-order valence-electron chi connectivity index (χ4n) is 3.92. The van der Waals surface area contributed by atoms with Crippen LogP contribution < -0.4 is 0 Å². The lowest BCUT2D eigenvalue weighted by Gasteiger charge is -2.20. The molecule has 1 N–H and O–H groups in total. The molecule has 0 spiro atoms. The molecule has 0 aliphatic heterocycles. The monoisotopic (exact) mass is 290 g/mol. The molecule has 2 aliphatic rings. The lowest BCUT2D eigenvalue weighted by molar-refractivity contribution is -0.146. The molecule has 1 aromatic carbocycles. The molecule has 0 heterocycles. The average Bonchev–Trinajstić information content (AvgIpc) is 2.88. The molecule has 2 aliphatic carbocycles. The number of aliphatic carboxylic acids is 1. The first-order valence-corrected chi connectivity index (χ1v) is 7.83. The van der Waals surface area contributed by atoms with Gasteiger partial charge in [-0.05, 0) is 31.9 Å². The molecule has 20 heavy (non-hydrogen) atoms. The van der Waals surface area contributed by atoms with Crippen molar-refractivity contribution in [2.75, 3.05) is 0 Å². The first-order valence-electron chi connectivity index (χ1n) is 7.01. The highest BCUT2D eigenvalue weighted by Crippen LogP contribution is 2.77. The summed E-state index contributed by atoms with van der Waals surface area (Å²) in [7, 11) is 0.